The Morgan fingerprint density at radius 3 is 2.76 bits per heavy atom. The molecule has 0 aromatic heterocycles. The molecule has 2 unspecified atom stereocenters. The number of nitrogens with zero attached hydrogens (tertiary/aromatic N) is 1. The quantitative estimate of drug-likeness (QED) is 0.807. The average molecular weight is 288 g/mol. The molecule has 21 heavy (non-hydrogen) atoms. The molecule has 0 bridgehead atoms. The summed E-state index contributed by atoms with van der Waals surface area (Å²) >= 11 is 0. The summed E-state index contributed by atoms with van der Waals surface area (Å²) in [5, 5.41) is 3.58. The lowest BCUT2D eigenvalue weighted by Crippen LogP contribution is -2.47. The van der Waals surface area contributed by atoms with E-state index >= 15 is 0 Å². The van der Waals surface area contributed by atoms with Crippen LogP contribution in [0.2, 0.25) is 0 Å². The summed E-state index contributed by atoms with van der Waals surface area (Å²) in [6.07, 6.45) is 5.04. The topological polar surface area (TPSA) is 15.3 Å². The van der Waals surface area contributed by atoms with Gasteiger partial charge in [0.2, 0.25) is 0 Å². The average Bonchev–Trinajstić information content (AvgIpc) is 2.49. The third-order valence-electron chi connectivity index (χ3n) is 4.87. The molecule has 0 saturated carbocycles. The second kappa shape index (κ2) is 7.31. The Labute approximate surface area is 130 Å². The van der Waals surface area contributed by atoms with E-state index in [-0.39, 0.29) is 0 Å². The first-order valence-electron chi connectivity index (χ1n) is 8.65. The van der Waals surface area contributed by atoms with E-state index in [1.165, 1.54) is 36.9 Å². The molecule has 1 N–H and O–H groups in total. The monoisotopic (exact) mass is 288 g/mol. The van der Waals surface area contributed by atoms with Crippen molar-refractivity contribution >= 4 is 5.69 Å². The van der Waals surface area contributed by atoms with Gasteiger partial charge in [0.05, 0.1) is 0 Å². The number of benzene rings is 1. The second-order valence-corrected chi connectivity index (χ2v) is 6.99. The Hall–Kier alpha value is -1.02. The van der Waals surface area contributed by atoms with Crippen molar-refractivity contribution in [3.05, 3.63) is 29.8 Å². The molecule has 1 aromatic carbocycles. The van der Waals surface area contributed by atoms with Crippen LogP contribution in [0.1, 0.15) is 52.5 Å². The molecular formula is C19H32N2. The molecule has 2 heteroatoms. The molecule has 1 aliphatic rings. The predicted molar refractivity (Wildman–Crippen MR) is 93.1 cm³/mol. The Bertz CT molecular complexity index is 443. The Morgan fingerprint density at radius 1 is 1.29 bits per heavy atom. The molecule has 1 aliphatic heterocycles. The molecule has 2 nitrogen and oxygen atoms in total. The number of fused-ring (bicyclic) bond motifs is 1. The van der Waals surface area contributed by atoms with Crippen LogP contribution in [0.25, 0.3) is 0 Å². The van der Waals surface area contributed by atoms with Gasteiger partial charge in [-0.25, -0.2) is 0 Å². The normalized spacial score (nSPS) is 21.0. The van der Waals surface area contributed by atoms with Crippen molar-refractivity contribution in [3.63, 3.8) is 0 Å². The van der Waals surface area contributed by atoms with Crippen molar-refractivity contribution in [1.29, 1.82) is 0 Å². The lowest BCUT2D eigenvalue weighted by Gasteiger charge is -2.43. The Morgan fingerprint density at radius 2 is 2.05 bits per heavy atom. The smallest absolute Gasteiger partial charge is 0.0401 e. The molecule has 0 spiro atoms. The fraction of sp³-hybridized carbons (Fsp3) is 0.684. The van der Waals surface area contributed by atoms with Crippen molar-refractivity contribution in [2.75, 3.05) is 24.5 Å². The lowest BCUT2D eigenvalue weighted by atomic mass is 9.83. The maximum Gasteiger partial charge on any atom is 0.0401 e. The summed E-state index contributed by atoms with van der Waals surface area (Å²) in [5.74, 6) is 0. The van der Waals surface area contributed by atoms with Crippen LogP contribution in [0.3, 0.4) is 0 Å². The van der Waals surface area contributed by atoms with Crippen LogP contribution in [-0.2, 0) is 6.42 Å². The van der Waals surface area contributed by atoms with Gasteiger partial charge in [0.25, 0.3) is 0 Å². The van der Waals surface area contributed by atoms with Crippen molar-refractivity contribution in [2.45, 2.75) is 59.4 Å². The standard InChI is InChI=1S/C19H32N2/c1-5-13-19(4,14-20-6-2)15-21-16(3)11-12-17-9-7-8-10-18(17)21/h7-10,16,20H,5-6,11-15H2,1-4H3. The number of para-hydroxylation sites is 1. The number of nitrogens with one attached hydrogen (secondary N) is 1. The zero-order chi connectivity index (χ0) is 15.3. The minimum absolute atomic E-state index is 0.351. The van der Waals surface area contributed by atoms with Gasteiger partial charge in [0, 0.05) is 24.8 Å². The molecule has 1 heterocycles. The van der Waals surface area contributed by atoms with Crippen molar-refractivity contribution < 1.29 is 0 Å². The van der Waals surface area contributed by atoms with Crippen LogP contribution < -0.4 is 10.2 Å². The maximum absolute atomic E-state index is 3.58. The Kier molecular flexibility index (Phi) is 5.69. The van der Waals surface area contributed by atoms with E-state index < -0.39 is 0 Å². The van der Waals surface area contributed by atoms with E-state index in [1.807, 2.05) is 0 Å². The first-order valence-corrected chi connectivity index (χ1v) is 8.65. The number of rotatable bonds is 7. The van der Waals surface area contributed by atoms with E-state index in [1.54, 1.807) is 0 Å². The van der Waals surface area contributed by atoms with Gasteiger partial charge in [-0.05, 0) is 49.8 Å². The molecule has 1 aromatic rings. The number of hydrogen-bond acceptors (Lipinski definition) is 2. The van der Waals surface area contributed by atoms with Gasteiger partial charge in [0.15, 0.2) is 0 Å². The first-order chi connectivity index (χ1) is 10.1. The van der Waals surface area contributed by atoms with Crippen LogP contribution in [-0.4, -0.2) is 25.7 Å². The number of hydrogen-bond donors (Lipinski definition) is 1. The van der Waals surface area contributed by atoms with Gasteiger partial charge in [-0.1, -0.05) is 45.4 Å². The van der Waals surface area contributed by atoms with E-state index in [2.05, 4.69) is 62.2 Å². The van der Waals surface area contributed by atoms with Crippen LogP contribution in [0.5, 0.6) is 0 Å². The molecule has 2 atom stereocenters. The summed E-state index contributed by atoms with van der Waals surface area (Å²) in [7, 11) is 0. The third kappa shape index (κ3) is 4.00. The summed E-state index contributed by atoms with van der Waals surface area (Å²) in [6, 6.07) is 9.63. The summed E-state index contributed by atoms with van der Waals surface area (Å²) in [6.45, 7) is 12.7. The summed E-state index contributed by atoms with van der Waals surface area (Å²) < 4.78 is 0. The minimum atomic E-state index is 0.351. The zero-order valence-corrected chi connectivity index (χ0v) is 14.3. The van der Waals surface area contributed by atoms with E-state index in [4.69, 9.17) is 0 Å². The highest BCUT2D eigenvalue weighted by Gasteiger charge is 2.31. The zero-order valence-electron chi connectivity index (χ0n) is 14.3. The second-order valence-electron chi connectivity index (χ2n) is 6.99. The Balaban J connectivity index is 2.19. The molecule has 0 amide bonds. The highest BCUT2D eigenvalue weighted by Crippen LogP contribution is 2.34. The molecule has 0 saturated heterocycles. The van der Waals surface area contributed by atoms with Crippen molar-refractivity contribution in [2.24, 2.45) is 5.41 Å². The number of anilines is 1. The minimum Gasteiger partial charge on any atom is -0.368 e. The molecule has 2 rings (SSSR count). The van der Waals surface area contributed by atoms with E-state index in [0.717, 1.165) is 19.6 Å². The van der Waals surface area contributed by atoms with Crippen molar-refractivity contribution in [3.8, 4) is 0 Å². The van der Waals surface area contributed by atoms with E-state index in [9.17, 15) is 0 Å². The highest BCUT2D eigenvalue weighted by atomic mass is 15.2. The molecule has 118 valence electrons. The SMILES string of the molecule is CCCC(C)(CNCC)CN1c2ccccc2CCC1C. The van der Waals surface area contributed by atoms with Crippen LogP contribution >= 0.6 is 0 Å². The molecule has 0 aliphatic carbocycles. The highest BCUT2D eigenvalue weighted by molar-refractivity contribution is 5.56. The molecule has 0 radical (unpaired) electrons. The van der Waals surface area contributed by atoms with Crippen LogP contribution in [0.4, 0.5) is 5.69 Å². The maximum atomic E-state index is 3.58. The van der Waals surface area contributed by atoms with Gasteiger partial charge in [-0.2, -0.15) is 0 Å². The molecule has 0 fully saturated rings. The summed E-state index contributed by atoms with van der Waals surface area (Å²) in [5.41, 5.74) is 3.34. The van der Waals surface area contributed by atoms with Gasteiger partial charge >= 0.3 is 0 Å². The van der Waals surface area contributed by atoms with Gasteiger partial charge < -0.3 is 10.2 Å². The lowest BCUT2D eigenvalue weighted by molar-refractivity contribution is 0.273. The fourth-order valence-electron chi connectivity index (χ4n) is 3.67. The van der Waals surface area contributed by atoms with E-state index in [0.29, 0.717) is 11.5 Å². The third-order valence-corrected chi connectivity index (χ3v) is 4.87. The van der Waals surface area contributed by atoms with Gasteiger partial charge in [-0.15, -0.1) is 0 Å². The van der Waals surface area contributed by atoms with Crippen LogP contribution in [0, 0.1) is 5.41 Å². The van der Waals surface area contributed by atoms with Gasteiger partial charge in [-0.3, -0.25) is 0 Å². The predicted octanol–water partition coefficient (Wildman–Crippen LogP) is 4.24. The molecular weight excluding hydrogens is 256 g/mol. The fourth-order valence-corrected chi connectivity index (χ4v) is 3.67. The summed E-state index contributed by atoms with van der Waals surface area (Å²) in [4.78, 5) is 2.66. The van der Waals surface area contributed by atoms with Gasteiger partial charge in [0.1, 0.15) is 0 Å². The van der Waals surface area contributed by atoms with Crippen LogP contribution in [0.15, 0.2) is 24.3 Å². The first kappa shape index (κ1) is 16.4. The number of aryl methyl sites for hydroxylation is 1. The largest absolute Gasteiger partial charge is 0.368 e. The van der Waals surface area contributed by atoms with Crippen molar-refractivity contribution in [1.82, 2.24) is 5.32 Å².